The standard InChI is InChI=1S/C27H27N5O3/c1-30-10-12-31(13-11-30)29-27(33)19-8-9-32-22(19)15-20-18-4-2-3-5-21(18)28-25(20)26(32)17-6-7-23-24(14-17)35-16-34-23/h2-9,14,26,28H,10-13,15-16H2,1H3,(H,29,33). The molecule has 2 aromatic heterocycles. The molecule has 0 saturated carbocycles. The molecule has 35 heavy (non-hydrogen) atoms. The van der Waals surface area contributed by atoms with Crippen LogP contribution in [0.2, 0.25) is 0 Å². The van der Waals surface area contributed by atoms with Gasteiger partial charge in [-0.2, -0.15) is 0 Å². The Hall–Kier alpha value is -3.75. The zero-order valence-corrected chi connectivity index (χ0v) is 19.6. The van der Waals surface area contributed by atoms with Gasteiger partial charge in [-0.15, -0.1) is 0 Å². The largest absolute Gasteiger partial charge is 0.454 e. The molecule has 0 bridgehead atoms. The maximum Gasteiger partial charge on any atom is 0.267 e. The molecule has 3 aliphatic rings. The first-order valence-electron chi connectivity index (χ1n) is 12.1. The fourth-order valence-corrected chi connectivity index (χ4v) is 5.60. The normalized spacial score (nSPS) is 19.5. The lowest BCUT2D eigenvalue weighted by Gasteiger charge is -2.32. The van der Waals surface area contributed by atoms with Crippen molar-refractivity contribution in [1.29, 1.82) is 0 Å². The molecule has 0 radical (unpaired) electrons. The number of benzene rings is 2. The summed E-state index contributed by atoms with van der Waals surface area (Å²) in [7, 11) is 2.11. The average Bonchev–Trinajstić information content (AvgIpc) is 3.60. The third kappa shape index (κ3) is 3.32. The predicted octanol–water partition coefficient (Wildman–Crippen LogP) is 3.13. The molecule has 1 atom stereocenters. The van der Waals surface area contributed by atoms with E-state index in [1.807, 2.05) is 23.3 Å². The van der Waals surface area contributed by atoms with Crippen LogP contribution in [0.1, 0.15) is 38.9 Å². The Morgan fingerprint density at radius 1 is 1.03 bits per heavy atom. The number of nitrogens with one attached hydrogen (secondary N) is 2. The van der Waals surface area contributed by atoms with E-state index in [4.69, 9.17) is 9.47 Å². The number of H-pyrrole nitrogens is 1. The van der Waals surface area contributed by atoms with Crippen molar-refractivity contribution < 1.29 is 14.3 Å². The van der Waals surface area contributed by atoms with Gasteiger partial charge >= 0.3 is 0 Å². The smallest absolute Gasteiger partial charge is 0.267 e. The van der Waals surface area contributed by atoms with E-state index in [0.29, 0.717) is 6.42 Å². The van der Waals surface area contributed by atoms with Gasteiger partial charge in [0, 0.05) is 61.1 Å². The minimum absolute atomic E-state index is 0.0453. The quantitative estimate of drug-likeness (QED) is 0.425. The molecule has 1 unspecified atom stereocenters. The number of fused-ring (bicyclic) bond motifs is 5. The molecule has 4 aromatic rings. The first kappa shape index (κ1) is 20.6. The van der Waals surface area contributed by atoms with Crippen molar-refractivity contribution in [2.45, 2.75) is 12.5 Å². The first-order valence-corrected chi connectivity index (χ1v) is 12.1. The van der Waals surface area contributed by atoms with E-state index in [1.165, 1.54) is 10.9 Å². The molecule has 5 heterocycles. The number of nitrogens with zero attached hydrogens (tertiary/aromatic N) is 3. The number of rotatable bonds is 3. The molecule has 2 aromatic carbocycles. The second-order valence-electron chi connectivity index (χ2n) is 9.57. The van der Waals surface area contributed by atoms with Crippen molar-refractivity contribution >= 4 is 16.8 Å². The van der Waals surface area contributed by atoms with Gasteiger partial charge in [0.1, 0.15) is 0 Å². The summed E-state index contributed by atoms with van der Waals surface area (Å²) in [5.74, 6) is 1.48. The van der Waals surface area contributed by atoms with Crippen molar-refractivity contribution in [2.75, 3.05) is 40.0 Å². The second kappa shape index (κ2) is 7.90. The first-order chi connectivity index (χ1) is 17.2. The second-order valence-corrected chi connectivity index (χ2v) is 9.57. The monoisotopic (exact) mass is 469 g/mol. The Balaban J connectivity index is 1.31. The summed E-state index contributed by atoms with van der Waals surface area (Å²) < 4.78 is 13.5. The highest BCUT2D eigenvalue weighted by molar-refractivity contribution is 5.96. The van der Waals surface area contributed by atoms with Crippen LogP contribution >= 0.6 is 0 Å². The van der Waals surface area contributed by atoms with Crippen LogP contribution in [-0.2, 0) is 6.42 Å². The highest BCUT2D eigenvalue weighted by Crippen LogP contribution is 2.43. The van der Waals surface area contributed by atoms with E-state index in [9.17, 15) is 4.79 Å². The van der Waals surface area contributed by atoms with Gasteiger partial charge in [0.2, 0.25) is 6.79 Å². The highest BCUT2D eigenvalue weighted by atomic mass is 16.7. The van der Waals surface area contributed by atoms with Gasteiger partial charge in [0.15, 0.2) is 11.5 Å². The van der Waals surface area contributed by atoms with Crippen LogP contribution in [0.15, 0.2) is 54.7 Å². The summed E-state index contributed by atoms with van der Waals surface area (Å²) in [5, 5.41) is 3.23. The predicted molar refractivity (Wildman–Crippen MR) is 132 cm³/mol. The zero-order chi connectivity index (χ0) is 23.5. The average molecular weight is 470 g/mol. The lowest BCUT2D eigenvalue weighted by molar-refractivity contribution is 0.0661. The number of hydrogen-bond donors (Lipinski definition) is 2. The maximum absolute atomic E-state index is 13.4. The van der Waals surface area contributed by atoms with Crippen molar-refractivity contribution in [2.24, 2.45) is 0 Å². The van der Waals surface area contributed by atoms with Gasteiger partial charge in [-0.1, -0.05) is 24.3 Å². The molecule has 7 rings (SSSR count). The minimum Gasteiger partial charge on any atom is -0.454 e. The Morgan fingerprint density at radius 2 is 1.86 bits per heavy atom. The summed E-state index contributed by atoms with van der Waals surface area (Å²) in [6.07, 6.45) is 2.73. The van der Waals surface area contributed by atoms with Gasteiger partial charge in [-0.25, -0.2) is 5.01 Å². The van der Waals surface area contributed by atoms with Crippen LogP contribution in [0.25, 0.3) is 10.9 Å². The molecule has 1 fully saturated rings. The number of ether oxygens (including phenoxy) is 2. The van der Waals surface area contributed by atoms with Crippen LogP contribution in [-0.4, -0.2) is 65.4 Å². The Kier molecular flexibility index (Phi) is 4.65. The third-order valence-electron chi connectivity index (χ3n) is 7.49. The van der Waals surface area contributed by atoms with Gasteiger partial charge < -0.3 is 23.9 Å². The van der Waals surface area contributed by atoms with E-state index >= 15 is 0 Å². The van der Waals surface area contributed by atoms with Crippen LogP contribution in [0.5, 0.6) is 11.5 Å². The number of para-hydroxylation sites is 1. The van der Waals surface area contributed by atoms with Crippen molar-refractivity contribution in [1.82, 2.24) is 24.9 Å². The fraction of sp³-hybridized carbons (Fsp3) is 0.296. The van der Waals surface area contributed by atoms with Gasteiger partial charge in [-0.05, 0) is 42.4 Å². The summed E-state index contributed by atoms with van der Waals surface area (Å²) in [6.45, 7) is 3.78. The van der Waals surface area contributed by atoms with E-state index in [-0.39, 0.29) is 18.7 Å². The van der Waals surface area contributed by atoms with E-state index in [0.717, 1.165) is 65.7 Å². The number of piperazine rings is 1. The van der Waals surface area contributed by atoms with Gasteiger partial charge in [0.25, 0.3) is 5.91 Å². The molecular weight excluding hydrogens is 442 g/mol. The molecule has 0 aliphatic carbocycles. The summed E-state index contributed by atoms with van der Waals surface area (Å²) in [4.78, 5) is 19.4. The zero-order valence-electron chi connectivity index (χ0n) is 19.6. The lowest BCUT2D eigenvalue weighted by atomic mass is 9.92. The maximum atomic E-state index is 13.4. The van der Waals surface area contributed by atoms with E-state index in [1.54, 1.807) is 0 Å². The topological polar surface area (TPSA) is 74.8 Å². The molecule has 1 amide bonds. The Labute approximate surface area is 203 Å². The number of aromatic nitrogens is 2. The Morgan fingerprint density at radius 3 is 2.74 bits per heavy atom. The SMILES string of the molecule is CN1CCN(NC(=O)c2ccn3c2Cc2c([nH]c4ccccc24)C3c2ccc3c(c2)OCO3)CC1. The molecule has 1 saturated heterocycles. The number of hydrogen-bond acceptors (Lipinski definition) is 5. The van der Waals surface area contributed by atoms with Gasteiger partial charge in [0.05, 0.1) is 11.6 Å². The minimum atomic E-state index is -0.0964. The number of likely N-dealkylation sites (N-methyl/N-ethyl adjacent to an activating group) is 1. The van der Waals surface area contributed by atoms with Crippen LogP contribution in [0.3, 0.4) is 0 Å². The molecule has 8 heteroatoms. The number of amides is 1. The number of aromatic amines is 1. The summed E-state index contributed by atoms with van der Waals surface area (Å²) in [5.41, 5.74) is 9.48. The van der Waals surface area contributed by atoms with E-state index < -0.39 is 0 Å². The summed E-state index contributed by atoms with van der Waals surface area (Å²) in [6, 6.07) is 16.4. The van der Waals surface area contributed by atoms with E-state index in [2.05, 4.69) is 63.3 Å². The molecule has 0 spiro atoms. The molecule has 3 aliphatic heterocycles. The molecule has 8 nitrogen and oxygen atoms in total. The third-order valence-corrected chi connectivity index (χ3v) is 7.49. The van der Waals surface area contributed by atoms with Crippen molar-refractivity contribution in [3.05, 3.63) is 82.8 Å². The van der Waals surface area contributed by atoms with Crippen LogP contribution in [0, 0.1) is 0 Å². The van der Waals surface area contributed by atoms with Crippen LogP contribution < -0.4 is 14.9 Å². The highest BCUT2D eigenvalue weighted by Gasteiger charge is 2.33. The number of hydrazine groups is 1. The molecule has 2 N–H and O–H groups in total. The number of carbonyl (C=O) groups excluding carboxylic acids is 1. The van der Waals surface area contributed by atoms with Crippen molar-refractivity contribution in [3.63, 3.8) is 0 Å². The van der Waals surface area contributed by atoms with Crippen molar-refractivity contribution in [3.8, 4) is 11.5 Å². The van der Waals surface area contributed by atoms with Gasteiger partial charge in [-0.3, -0.25) is 10.2 Å². The fourth-order valence-electron chi connectivity index (χ4n) is 5.60. The molecule has 178 valence electrons. The lowest BCUT2D eigenvalue weighted by Crippen LogP contribution is -2.52. The summed E-state index contributed by atoms with van der Waals surface area (Å²) >= 11 is 0. The van der Waals surface area contributed by atoms with Crippen LogP contribution in [0.4, 0.5) is 0 Å². The Bertz CT molecular complexity index is 1450. The molecular formula is C27H27N5O3. The number of carbonyl (C=O) groups is 1.